The van der Waals surface area contributed by atoms with Crippen LogP contribution in [0.25, 0.3) is 22.3 Å². The fraction of sp³-hybridized carbons (Fsp3) is 0.182. The first-order valence-electron chi connectivity index (χ1n) is 8.55. The molecule has 4 heteroatoms. The summed E-state index contributed by atoms with van der Waals surface area (Å²) in [6.07, 6.45) is 0.927. The number of halogens is 3. The van der Waals surface area contributed by atoms with Crippen molar-refractivity contribution in [3.05, 3.63) is 77.6 Å². The molecule has 0 saturated heterocycles. The maximum atomic E-state index is 14.6. The van der Waals surface area contributed by atoms with Gasteiger partial charge in [-0.1, -0.05) is 43.3 Å². The molecule has 0 aliphatic rings. The lowest BCUT2D eigenvalue weighted by molar-refractivity contribution is 0.314. The fourth-order valence-electron chi connectivity index (χ4n) is 2.85. The second kappa shape index (κ2) is 7.65. The van der Waals surface area contributed by atoms with Gasteiger partial charge in [0.05, 0.1) is 6.61 Å². The third-order valence-corrected chi connectivity index (χ3v) is 4.30. The molecule has 134 valence electrons. The number of hydrogen-bond donors (Lipinski definition) is 0. The number of benzene rings is 3. The Bertz CT molecular complexity index is 917. The Balaban J connectivity index is 1.98. The number of hydrogen-bond acceptors (Lipinski definition) is 1. The number of rotatable bonds is 5. The van der Waals surface area contributed by atoms with Crippen molar-refractivity contribution in [1.29, 1.82) is 0 Å². The van der Waals surface area contributed by atoms with Crippen LogP contribution in [0.1, 0.15) is 19.4 Å². The Morgan fingerprint density at radius 1 is 0.731 bits per heavy atom. The van der Waals surface area contributed by atoms with Gasteiger partial charge in [-0.2, -0.15) is 4.39 Å². The first-order valence-corrected chi connectivity index (χ1v) is 8.55. The Morgan fingerprint density at radius 2 is 1.38 bits per heavy atom. The summed E-state index contributed by atoms with van der Waals surface area (Å²) in [7, 11) is 0. The molecule has 0 heterocycles. The van der Waals surface area contributed by atoms with Crippen LogP contribution >= 0.6 is 0 Å². The van der Waals surface area contributed by atoms with E-state index in [2.05, 4.69) is 6.92 Å². The SMILES string of the molecule is CCOc1ccc(-c2ccc(-c3ccc(CC)cc3)cc2F)c(F)c1F. The fourth-order valence-corrected chi connectivity index (χ4v) is 2.85. The third-order valence-electron chi connectivity index (χ3n) is 4.30. The van der Waals surface area contributed by atoms with Crippen LogP contribution in [0.2, 0.25) is 0 Å². The van der Waals surface area contributed by atoms with E-state index in [-0.39, 0.29) is 23.5 Å². The normalized spacial score (nSPS) is 10.8. The topological polar surface area (TPSA) is 9.23 Å². The summed E-state index contributed by atoms with van der Waals surface area (Å²) >= 11 is 0. The first-order chi connectivity index (χ1) is 12.5. The van der Waals surface area contributed by atoms with E-state index in [0.717, 1.165) is 12.0 Å². The summed E-state index contributed by atoms with van der Waals surface area (Å²) in [5.41, 5.74) is 2.62. The van der Waals surface area contributed by atoms with Gasteiger partial charge >= 0.3 is 0 Å². The average Bonchev–Trinajstić information content (AvgIpc) is 2.66. The van der Waals surface area contributed by atoms with Gasteiger partial charge in [-0.3, -0.25) is 0 Å². The zero-order chi connectivity index (χ0) is 18.7. The summed E-state index contributed by atoms with van der Waals surface area (Å²) in [5, 5.41) is 0. The Hall–Kier alpha value is -2.75. The minimum atomic E-state index is -1.12. The zero-order valence-corrected chi connectivity index (χ0v) is 14.7. The molecular weight excluding hydrogens is 337 g/mol. The second-order valence-electron chi connectivity index (χ2n) is 5.92. The van der Waals surface area contributed by atoms with E-state index in [4.69, 9.17) is 4.74 Å². The van der Waals surface area contributed by atoms with Crippen molar-refractivity contribution in [2.45, 2.75) is 20.3 Å². The van der Waals surface area contributed by atoms with Crippen molar-refractivity contribution in [3.63, 3.8) is 0 Å². The molecule has 26 heavy (non-hydrogen) atoms. The van der Waals surface area contributed by atoms with Crippen LogP contribution < -0.4 is 4.74 Å². The maximum absolute atomic E-state index is 14.6. The lowest BCUT2D eigenvalue weighted by Gasteiger charge is -2.11. The van der Waals surface area contributed by atoms with Crippen LogP contribution in [0, 0.1) is 17.5 Å². The zero-order valence-electron chi connectivity index (χ0n) is 14.7. The average molecular weight is 356 g/mol. The van der Waals surface area contributed by atoms with Gasteiger partial charge in [0.2, 0.25) is 5.82 Å². The van der Waals surface area contributed by atoms with Crippen LogP contribution in [-0.2, 0) is 6.42 Å². The summed E-state index contributed by atoms with van der Waals surface area (Å²) in [4.78, 5) is 0. The van der Waals surface area contributed by atoms with Crippen molar-refractivity contribution in [2.24, 2.45) is 0 Å². The van der Waals surface area contributed by atoms with Crippen molar-refractivity contribution in [2.75, 3.05) is 6.61 Å². The molecule has 0 aromatic heterocycles. The molecule has 0 unspecified atom stereocenters. The number of aryl methyl sites for hydroxylation is 1. The van der Waals surface area contributed by atoms with Crippen molar-refractivity contribution < 1.29 is 17.9 Å². The Morgan fingerprint density at radius 3 is 2.00 bits per heavy atom. The van der Waals surface area contributed by atoms with E-state index >= 15 is 0 Å². The van der Waals surface area contributed by atoms with Crippen LogP contribution in [0.5, 0.6) is 5.75 Å². The van der Waals surface area contributed by atoms with Gasteiger partial charge in [-0.25, -0.2) is 8.78 Å². The molecule has 0 atom stereocenters. The smallest absolute Gasteiger partial charge is 0.201 e. The largest absolute Gasteiger partial charge is 0.491 e. The van der Waals surface area contributed by atoms with E-state index in [1.165, 1.54) is 29.8 Å². The van der Waals surface area contributed by atoms with Gasteiger partial charge in [0.25, 0.3) is 0 Å². The molecule has 0 bridgehead atoms. The van der Waals surface area contributed by atoms with E-state index in [1.807, 2.05) is 24.3 Å². The molecular formula is C22H19F3O. The van der Waals surface area contributed by atoms with Crippen LogP contribution in [0.4, 0.5) is 13.2 Å². The molecule has 0 N–H and O–H groups in total. The maximum Gasteiger partial charge on any atom is 0.201 e. The molecule has 0 amide bonds. The van der Waals surface area contributed by atoms with Crippen molar-refractivity contribution in [1.82, 2.24) is 0 Å². The summed E-state index contributed by atoms with van der Waals surface area (Å²) in [6, 6.07) is 15.0. The van der Waals surface area contributed by atoms with Gasteiger partial charge in [0.1, 0.15) is 5.82 Å². The Labute approximate surface area is 151 Å². The van der Waals surface area contributed by atoms with Crippen molar-refractivity contribution >= 4 is 0 Å². The second-order valence-corrected chi connectivity index (χ2v) is 5.92. The molecule has 3 rings (SSSR count). The highest BCUT2D eigenvalue weighted by Crippen LogP contribution is 2.33. The first kappa shape index (κ1) is 18.1. The van der Waals surface area contributed by atoms with Gasteiger partial charge in [0.15, 0.2) is 11.6 Å². The molecule has 0 aliphatic carbocycles. The molecule has 1 nitrogen and oxygen atoms in total. The highest BCUT2D eigenvalue weighted by atomic mass is 19.2. The number of ether oxygens (including phenoxy) is 1. The van der Waals surface area contributed by atoms with Crippen LogP contribution in [-0.4, -0.2) is 6.61 Å². The summed E-state index contributed by atoms with van der Waals surface area (Å²) in [6.45, 7) is 3.96. The Kier molecular flexibility index (Phi) is 5.31. The van der Waals surface area contributed by atoms with Gasteiger partial charge < -0.3 is 4.74 Å². The van der Waals surface area contributed by atoms with E-state index < -0.39 is 17.5 Å². The highest BCUT2D eigenvalue weighted by molar-refractivity contribution is 5.72. The quantitative estimate of drug-likeness (QED) is 0.514. The van der Waals surface area contributed by atoms with E-state index in [1.54, 1.807) is 13.0 Å². The van der Waals surface area contributed by atoms with Crippen LogP contribution in [0.3, 0.4) is 0 Å². The lowest BCUT2D eigenvalue weighted by atomic mass is 9.98. The molecule has 3 aromatic rings. The lowest BCUT2D eigenvalue weighted by Crippen LogP contribution is -1.99. The van der Waals surface area contributed by atoms with E-state index in [9.17, 15) is 13.2 Å². The highest BCUT2D eigenvalue weighted by Gasteiger charge is 2.18. The molecule has 0 spiro atoms. The standard InChI is InChI=1S/C22H19F3O/c1-3-14-5-7-15(8-6-14)16-9-10-17(19(23)13-16)18-11-12-20(26-4-2)22(25)21(18)24/h5-13H,3-4H2,1-2H3. The predicted octanol–water partition coefficient (Wildman–Crippen LogP) is 6.40. The molecule has 0 saturated carbocycles. The van der Waals surface area contributed by atoms with Gasteiger partial charge in [-0.15, -0.1) is 0 Å². The van der Waals surface area contributed by atoms with Crippen LogP contribution in [0.15, 0.2) is 54.6 Å². The molecule has 0 fully saturated rings. The molecule has 3 aromatic carbocycles. The molecule has 0 aliphatic heterocycles. The van der Waals surface area contributed by atoms with Crippen molar-refractivity contribution in [3.8, 4) is 28.0 Å². The van der Waals surface area contributed by atoms with Gasteiger partial charge in [0, 0.05) is 11.1 Å². The minimum absolute atomic E-state index is 0.0124. The molecule has 0 radical (unpaired) electrons. The predicted molar refractivity (Wildman–Crippen MR) is 97.7 cm³/mol. The van der Waals surface area contributed by atoms with Gasteiger partial charge in [-0.05, 0) is 48.2 Å². The minimum Gasteiger partial charge on any atom is -0.491 e. The third kappa shape index (κ3) is 3.45. The summed E-state index contributed by atoms with van der Waals surface area (Å²) < 4.78 is 48.0. The van der Waals surface area contributed by atoms with E-state index in [0.29, 0.717) is 5.56 Å². The summed E-state index contributed by atoms with van der Waals surface area (Å²) in [5.74, 6) is -3.01. The monoisotopic (exact) mass is 356 g/mol.